The Balaban J connectivity index is 1.97. The number of carbonyl (C=O) groups is 1. The van der Waals surface area contributed by atoms with Crippen molar-refractivity contribution in [2.75, 3.05) is 6.54 Å². The lowest BCUT2D eigenvalue weighted by Crippen LogP contribution is -2.40. The zero-order valence-corrected chi connectivity index (χ0v) is 13.5. The van der Waals surface area contributed by atoms with E-state index < -0.39 is 0 Å². The van der Waals surface area contributed by atoms with Gasteiger partial charge in [-0.1, -0.05) is 40.9 Å². The molecule has 1 amide bonds. The molecular weight excluding hydrogens is 316 g/mol. The Morgan fingerprint density at radius 3 is 2.65 bits per heavy atom. The Morgan fingerprint density at radius 2 is 2.00 bits per heavy atom. The first-order valence-corrected chi connectivity index (χ1v) is 8.17. The van der Waals surface area contributed by atoms with E-state index in [0.29, 0.717) is 12.5 Å². The molecule has 0 aliphatic heterocycles. The van der Waals surface area contributed by atoms with Gasteiger partial charge in [-0.25, -0.2) is 0 Å². The van der Waals surface area contributed by atoms with Crippen molar-refractivity contribution in [1.29, 1.82) is 0 Å². The Hall–Kier alpha value is -0.870. The second-order valence-electron chi connectivity index (χ2n) is 5.67. The minimum Gasteiger partial charge on any atom is -0.349 e. The van der Waals surface area contributed by atoms with Crippen molar-refractivity contribution in [2.24, 2.45) is 17.6 Å². The van der Waals surface area contributed by atoms with E-state index >= 15 is 0 Å². The van der Waals surface area contributed by atoms with Crippen LogP contribution < -0.4 is 11.1 Å². The summed E-state index contributed by atoms with van der Waals surface area (Å²) < 4.78 is 1.05. The lowest BCUT2D eigenvalue weighted by molar-refractivity contribution is -0.128. The topological polar surface area (TPSA) is 55.1 Å². The average Bonchev–Trinajstić information content (AvgIpc) is 2.47. The highest BCUT2D eigenvalue weighted by Crippen LogP contribution is 2.30. The summed E-state index contributed by atoms with van der Waals surface area (Å²) in [5.41, 5.74) is 6.93. The van der Waals surface area contributed by atoms with E-state index in [-0.39, 0.29) is 17.9 Å². The number of hydrogen-bond acceptors (Lipinski definition) is 2. The minimum atomic E-state index is 0.0379. The first kappa shape index (κ1) is 15.5. The molecule has 0 saturated heterocycles. The Labute approximate surface area is 129 Å². The van der Waals surface area contributed by atoms with Gasteiger partial charge in [0.15, 0.2) is 0 Å². The number of halogens is 1. The number of amides is 1. The molecule has 0 aromatic heterocycles. The fraction of sp³-hybridized carbons (Fsp3) is 0.562. The van der Waals surface area contributed by atoms with Gasteiger partial charge in [-0.05, 0) is 49.9 Å². The summed E-state index contributed by atoms with van der Waals surface area (Å²) in [7, 11) is 0. The molecule has 1 aromatic rings. The maximum absolute atomic E-state index is 12.4. The van der Waals surface area contributed by atoms with Crippen LogP contribution in [-0.2, 0) is 4.79 Å². The average molecular weight is 339 g/mol. The van der Waals surface area contributed by atoms with Gasteiger partial charge in [-0.15, -0.1) is 0 Å². The standard InChI is InChI=1S/C16H23BrN2O/c1-11(12-6-8-14(17)9-7-12)19-16(20)15-5-3-2-4-13(15)10-18/h6-9,11,13,15H,2-5,10,18H2,1H3,(H,19,20)/t11-,13?,15?/m0/s1. The molecule has 1 aromatic carbocycles. The zero-order chi connectivity index (χ0) is 14.5. The van der Waals surface area contributed by atoms with Gasteiger partial charge < -0.3 is 11.1 Å². The molecule has 0 radical (unpaired) electrons. The highest BCUT2D eigenvalue weighted by atomic mass is 79.9. The number of nitrogens with one attached hydrogen (secondary N) is 1. The van der Waals surface area contributed by atoms with Crippen LogP contribution in [0.4, 0.5) is 0 Å². The summed E-state index contributed by atoms with van der Waals surface area (Å²) >= 11 is 3.42. The van der Waals surface area contributed by atoms with Crippen molar-refractivity contribution in [3.8, 4) is 0 Å². The first-order chi connectivity index (χ1) is 9.61. The van der Waals surface area contributed by atoms with Crippen molar-refractivity contribution in [3.05, 3.63) is 34.3 Å². The molecule has 2 rings (SSSR count). The van der Waals surface area contributed by atoms with Crippen LogP contribution in [0.25, 0.3) is 0 Å². The molecule has 1 aliphatic carbocycles. The third-order valence-corrected chi connectivity index (χ3v) is 4.81. The first-order valence-electron chi connectivity index (χ1n) is 7.37. The van der Waals surface area contributed by atoms with Gasteiger partial charge in [0.1, 0.15) is 0 Å². The maximum atomic E-state index is 12.4. The molecule has 3 N–H and O–H groups in total. The summed E-state index contributed by atoms with van der Waals surface area (Å²) in [6, 6.07) is 8.12. The summed E-state index contributed by atoms with van der Waals surface area (Å²) in [5, 5.41) is 3.14. The molecule has 4 heteroatoms. The molecule has 1 fully saturated rings. The van der Waals surface area contributed by atoms with Crippen LogP contribution in [-0.4, -0.2) is 12.5 Å². The highest BCUT2D eigenvalue weighted by molar-refractivity contribution is 9.10. The molecule has 1 saturated carbocycles. The van der Waals surface area contributed by atoms with Crippen molar-refractivity contribution in [2.45, 2.75) is 38.6 Å². The third-order valence-electron chi connectivity index (χ3n) is 4.28. The quantitative estimate of drug-likeness (QED) is 0.883. The predicted octanol–water partition coefficient (Wildman–Crippen LogP) is 3.39. The lowest BCUT2D eigenvalue weighted by atomic mass is 9.78. The Kier molecular flexibility index (Phi) is 5.61. The summed E-state index contributed by atoms with van der Waals surface area (Å²) in [5.74, 6) is 0.600. The molecule has 0 bridgehead atoms. The van der Waals surface area contributed by atoms with Crippen molar-refractivity contribution < 1.29 is 4.79 Å². The molecule has 3 atom stereocenters. The smallest absolute Gasteiger partial charge is 0.223 e. The monoisotopic (exact) mass is 338 g/mol. The van der Waals surface area contributed by atoms with Crippen LogP contribution in [0.1, 0.15) is 44.2 Å². The molecule has 20 heavy (non-hydrogen) atoms. The van der Waals surface area contributed by atoms with E-state index in [1.54, 1.807) is 0 Å². The van der Waals surface area contributed by atoms with Crippen LogP contribution in [0.3, 0.4) is 0 Å². The van der Waals surface area contributed by atoms with Gasteiger partial charge in [0.2, 0.25) is 5.91 Å². The molecule has 2 unspecified atom stereocenters. The van der Waals surface area contributed by atoms with E-state index in [0.717, 1.165) is 29.3 Å². The second kappa shape index (κ2) is 7.23. The lowest BCUT2D eigenvalue weighted by Gasteiger charge is -2.30. The number of rotatable bonds is 4. The second-order valence-corrected chi connectivity index (χ2v) is 6.58. The van der Waals surface area contributed by atoms with E-state index in [1.807, 2.05) is 31.2 Å². The van der Waals surface area contributed by atoms with Gasteiger partial charge >= 0.3 is 0 Å². The van der Waals surface area contributed by atoms with Gasteiger partial charge in [0.05, 0.1) is 6.04 Å². The van der Waals surface area contributed by atoms with Gasteiger partial charge in [0.25, 0.3) is 0 Å². The molecule has 0 heterocycles. The number of benzene rings is 1. The highest BCUT2D eigenvalue weighted by Gasteiger charge is 2.30. The number of nitrogens with two attached hydrogens (primary N) is 1. The SMILES string of the molecule is C[C@H](NC(=O)C1CCCCC1CN)c1ccc(Br)cc1. The van der Waals surface area contributed by atoms with Crippen molar-refractivity contribution >= 4 is 21.8 Å². The van der Waals surface area contributed by atoms with Crippen LogP contribution >= 0.6 is 15.9 Å². The van der Waals surface area contributed by atoms with Crippen LogP contribution in [0.15, 0.2) is 28.7 Å². The normalized spacial score (nSPS) is 24.1. The van der Waals surface area contributed by atoms with Gasteiger partial charge in [-0.3, -0.25) is 4.79 Å². The predicted molar refractivity (Wildman–Crippen MR) is 85.2 cm³/mol. The van der Waals surface area contributed by atoms with Crippen LogP contribution in [0.2, 0.25) is 0 Å². The van der Waals surface area contributed by atoms with E-state index in [2.05, 4.69) is 21.2 Å². The molecule has 1 aliphatic rings. The molecule has 3 nitrogen and oxygen atoms in total. The summed E-state index contributed by atoms with van der Waals surface area (Å²) in [6.45, 7) is 2.65. The van der Waals surface area contributed by atoms with Crippen molar-refractivity contribution in [1.82, 2.24) is 5.32 Å². The zero-order valence-electron chi connectivity index (χ0n) is 11.9. The minimum absolute atomic E-state index is 0.0379. The van der Waals surface area contributed by atoms with Crippen LogP contribution in [0, 0.1) is 11.8 Å². The third kappa shape index (κ3) is 3.83. The fourth-order valence-corrected chi connectivity index (χ4v) is 3.25. The van der Waals surface area contributed by atoms with Gasteiger partial charge in [-0.2, -0.15) is 0 Å². The molecular formula is C16H23BrN2O. The summed E-state index contributed by atoms with van der Waals surface area (Å²) in [6.07, 6.45) is 4.40. The van der Waals surface area contributed by atoms with Crippen molar-refractivity contribution in [3.63, 3.8) is 0 Å². The summed E-state index contributed by atoms with van der Waals surface area (Å²) in [4.78, 5) is 12.4. The fourth-order valence-electron chi connectivity index (χ4n) is 2.99. The van der Waals surface area contributed by atoms with E-state index in [4.69, 9.17) is 5.73 Å². The Bertz CT molecular complexity index is 446. The van der Waals surface area contributed by atoms with E-state index in [1.165, 1.54) is 6.42 Å². The maximum Gasteiger partial charge on any atom is 0.223 e. The number of carbonyl (C=O) groups excluding carboxylic acids is 1. The van der Waals surface area contributed by atoms with E-state index in [9.17, 15) is 4.79 Å². The number of hydrogen-bond donors (Lipinski definition) is 2. The molecule has 0 spiro atoms. The molecule has 110 valence electrons. The Morgan fingerprint density at radius 1 is 1.35 bits per heavy atom. The van der Waals surface area contributed by atoms with Crippen LogP contribution in [0.5, 0.6) is 0 Å². The van der Waals surface area contributed by atoms with Gasteiger partial charge in [0, 0.05) is 10.4 Å². The largest absolute Gasteiger partial charge is 0.349 e.